The molecule has 0 bridgehead atoms. The van der Waals surface area contributed by atoms with E-state index in [1.807, 2.05) is 0 Å². The van der Waals surface area contributed by atoms with Gasteiger partial charge >= 0.3 is 11.9 Å². The van der Waals surface area contributed by atoms with Gasteiger partial charge in [-0.25, -0.2) is 9.59 Å². The Morgan fingerprint density at radius 3 is 2.60 bits per heavy atom. The van der Waals surface area contributed by atoms with E-state index < -0.39 is 23.9 Å². The number of ether oxygens (including phenoxy) is 1. The third-order valence-corrected chi connectivity index (χ3v) is 2.96. The van der Waals surface area contributed by atoms with Crippen molar-refractivity contribution < 1.29 is 29.0 Å². The SMILES string of the molecule is CCOC(=O)/C=C/C[C@H](NC(=O)c1cccc(NC(C)=O)c1)C(=O)O. The van der Waals surface area contributed by atoms with Gasteiger partial charge in [-0.1, -0.05) is 12.1 Å². The van der Waals surface area contributed by atoms with Crippen LogP contribution in [0.2, 0.25) is 0 Å². The van der Waals surface area contributed by atoms with Crippen LogP contribution >= 0.6 is 0 Å². The van der Waals surface area contributed by atoms with Gasteiger partial charge in [-0.15, -0.1) is 0 Å². The van der Waals surface area contributed by atoms with Crippen LogP contribution in [0.5, 0.6) is 0 Å². The van der Waals surface area contributed by atoms with Crippen molar-refractivity contribution in [2.24, 2.45) is 0 Å². The third-order valence-electron chi connectivity index (χ3n) is 2.96. The maximum Gasteiger partial charge on any atom is 0.330 e. The van der Waals surface area contributed by atoms with Crippen molar-refractivity contribution in [1.29, 1.82) is 0 Å². The molecule has 1 aromatic rings. The van der Waals surface area contributed by atoms with E-state index in [0.29, 0.717) is 5.69 Å². The predicted octanol–water partition coefficient (Wildman–Crippen LogP) is 1.34. The zero-order valence-corrected chi connectivity index (χ0v) is 13.9. The Balaban J connectivity index is 2.75. The fraction of sp³-hybridized carbons (Fsp3) is 0.294. The van der Waals surface area contributed by atoms with Crippen molar-refractivity contribution in [3.8, 4) is 0 Å². The fourth-order valence-corrected chi connectivity index (χ4v) is 1.90. The lowest BCUT2D eigenvalue weighted by atomic mass is 10.1. The molecule has 134 valence electrons. The maximum absolute atomic E-state index is 12.2. The smallest absolute Gasteiger partial charge is 0.330 e. The van der Waals surface area contributed by atoms with E-state index in [-0.39, 0.29) is 24.5 Å². The first kappa shape index (κ1) is 19.9. The van der Waals surface area contributed by atoms with Gasteiger partial charge in [0.1, 0.15) is 6.04 Å². The molecular weight excluding hydrogens is 328 g/mol. The zero-order chi connectivity index (χ0) is 18.8. The number of carboxylic acid groups (broad SMARTS) is 1. The summed E-state index contributed by atoms with van der Waals surface area (Å²) in [5, 5.41) is 14.1. The Labute approximate surface area is 144 Å². The highest BCUT2D eigenvalue weighted by atomic mass is 16.5. The van der Waals surface area contributed by atoms with Gasteiger partial charge in [0.2, 0.25) is 5.91 Å². The Morgan fingerprint density at radius 1 is 1.28 bits per heavy atom. The standard InChI is InChI=1S/C17H20N2O6/c1-3-25-15(21)9-5-8-14(17(23)24)19-16(22)12-6-4-7-13(10-12)18-11(2)20/h4-7,9-10,14H,3,8H2,1-2H3,(H,18,20)(H,19,22)(H,23,24)/b9-5+/t14-/m0/s1. The van der Waals surface area contributed by atoms with Crippen LogP contribution in [0.15, 0.2) is 36.4 Å². The van der Waals surface area contributed by atoms with Gasteiger partial charge in [0.25, 0.3) is 5.91 Å². The number of anilines is 1. The number of hydrogen-bond acceptors (Lipinski definition) is 5. The minimum atomic E-state index is -1.24. The van der Waals surface area contributed by atoms with Crippen LogP contribution < -0.4 is 10.6 Å². The van der Waals surface area contributed by atoms with Crippen LogP contribution in [0.3, 0.4) is 0 Å². The average molecular weight is 348 g/mol. The number of amides is 2. The molecule has 2 amide bonds. The maximum atomic E-state index is 12.2. The molecule has 0 aliphatic rings. The molecule has 8 nitrogen and oxygen atoms in total. The number of carboxylic acids is 1. The third kappa shape index (κ3) is 7.30. The van der Waals surface area contributed by atoms with Crippen molar-refractivity contribution in [2.75, 3.05) is 11.9 Å². The van der Waals surface area contributed by atoms with Crippen LogP contribution in [0.25, 0.3) is 0 Å². The second kappa shape index (κ2) is 9.86. The molecule has 0 aliphatic heterocycles. The Bertz CT molecular complexity index is 683. The lowest BCUT2D eigenvalue weighted by molar-refractivity contribution is -0.139. The molecule has 8 heteroatoms. The number of benzene rings is 1. The lowest BCUT2D eigenvalue weighted by Gasteiger charge is -2.13. The highest BCUT2D eigenvalue weighted by molar-refractivity contribution is 5.98. The molecule has 0 saturated carbocycles. The molecule has 1 atom stereocenters. The number of aliphatic carboxylic acids is 1. The molecule has 3 N–H and O–H groups in total. The van der Waals surface area contributed by atoms with Crippen molar-refractivity contribution in [2.45, 2.75) is 26.3 Å². The van der Waals surface area contributed by atoms with Gasteiger partial charge in [0.05, 0.1) is 6.61 Å². The van der Waals surface area contributed by atoms with Crippen LogP contribution in [-0.2, 0) is 19.1 Å². The fourth-order valence-electron chi connectivity index (χ4n) is 1.90. The highest BCUT2D eigenvalue weighted by Gasteiger charge is 2.19. The van der Waals surface area contributed by atoms with Crippen molar-refractivity contribution in [3.05, 3.63) is 42.0 Å². The number of esters is 1. The summed E-state index contributed by atoms with van der Waals surface area (Å²) < 4.78 is 4.68. The van der Waals surface area contributed by atoms with Gasteiger partial charge in [0, 0.05) is 24.3 Å². The number of carbonyl (C=O) groups is 4. The minimum Gasteiger partial charge on any atom is -0.480 e. The summed E-state index contributed by atoms with van der Waals surface area (Å²) in [6.45, 7) is 3.21. The first-order chi connectivity index (χ1) is 11.8. The first-order valence-electron chi connectivity index (χ1n) is 7.58. The van der Waals surface area contributed by atoms with E-state index >= 15 is 0 Å². The van der Waals surface area contributed by atoms with E-state index in [0.717, 1.165) is 6.08 Å². The molecule has 0 radical (unpaired) electrons. The summed E-state index contributed by atoms with van der Waals surface area (Å²) >= 11 is 0. The van der Waals surface area contributed by atoms with E-state index in [9.17, 15) is 24.3 Å². The van der Waals surface area contributed by atoms with E-state index in [2.05, 4.69) is 15.4 Å². The van der Waals surface area contributed by atoms with E-state index in [4.69, 9.17) is 0 Å². The Kier molecular flexibility index (Phi) is 7.85. The first-order valence-corrected chi connectivity index (χ1v) is 7.58. The number of nitrogens with one attached hydrogen (secondary N) is 2. The predicted molar refractivity (Wildman–Crippen MR) is 90.0 cm³/mol. The summed E-state index contributed by atoms with van der Waals surface area (Å²) in [5.41, 5.74) is 0.626. The summed E-state index contributed by atoms with van der Waals surface area (Å²) in [5.74, 6) is -2.71. The molecule has 1 rings (SSSR count). The second-order valence-corrected chi connectivity index (χ2v) is 5.02. The highest BCUT2D eigenvalue weighted by Crippen LogP contribution is 2.11. The molecule has 25 heavy (non-hydrogen) atoms. The van der Waals surface area contributed by atoms with Gasteiger partial charge < -0.3 is 20.5 Å². The summed E-state index contributed by atoms with van der Waals surface area (Å²) in [6.07, 6.45) is 2.36. The number of carbonyl (C=O) groups excluding carboxylic acids is 3. The van der Waals surface area contributed by atoms with E-state index in [1.165, 1.54) is 25.1 Å². The summed E-state index contributed by atoms with van der Waals surface area (Å²) in [6, 6.07) is 4.89. The average Bonchev–Trinajstić information content (AvgIpc) is 2.53. The lowest BCUT2D eigenvalue weighted by Crippen LogP contribution is -2.40. The summed E-state index contributed by atoms with van der Waals surface area (Å²) in [4.78, 5) is 45.7. The molecular formula is C17H20N2O6. The topological polar surface area (TPSA) is 122 Å². The zero-order valence-electron chi connectivity index (χ0n) is 13.9. The van der Waals surface area contributed by atoms with Gasteiger partial charge in [-0.3, -0.25) is 9.59 Å². The minimum absolute atomic E-state index is 0.0781. The van der Waals surface area contributed by atoms with Gasteiger partial charge in [-0.05, 0) is 31.5 Å². The molecule has 0 saturated heterocycles. The van der Waals surface area contributed by atoms with Crippen LogP contribution in [0.1, 0.15) is 30.6 Å². The van der Waals surface area contributed by atoms with Crippen LogP contribution in [0.4, 0.5) is 5.69 Å². The molecule has 0 unspecified atom stereocenters. The Morgan fingerprint density at radius 2 is 2.00 bits per heavy atom. The van der Waals surface area contributed by atoms with Crippen LogP contribution in [-0.4, -0.2) is 41.5 Å². The molecule has 1 aromatic carbocycles. The number of hydrogen-bond donors (Lipinski definition) is 3. The van der Waals surface area contributed by atoms with Crippen LogP contribution in [0, 0.1) is 0 Å². The molecule has 0 fully saturated rings. The largest absolute Gasteiger partial charge is 0.480 e. The molecule has 0 aromatic heterocycles. The molecule has 0 spiro atoms. The van der Waals surface area contributed by atoms with Gasteiger partial charge in [0.15, 0.2) is 0 Å². The van der Waals surface area contributed by atoms with Crippen molar-refractivity contribution in [1.82, 2.24) is 5.32 Å². The molecule has 0 aliphatic carbocycles. The normalized spacial score (nSPS) is 11.6. The summed E-state index contributed by atoms with van der Waals surface area (Å²) in [7, 11) is 0. The van der Waals surface area contributed by atoms with Gasteiger partial charge in [-0.2, -0.15) is 0 Å². The Hall–Kier alpha value is -3.16. The quantitative estimate of drug-likeness (QED) is 0.481. The van der Waals surface area contributed by atoms with Crippen molar-refractivity contribution in [3.63, 3.8) is 0 Å². The van der Waals surface area contributed by atoms with E-state index in [1.54, 1.807) is 19.1 Å². The van der Waals surface area contributed by atoms with Crippen molar-refractivity contribution >= 4 is 29.4 Å². The molecule has 0 heterocycles. The monoisotopic (exact) mass is 348 g/mol. The second-order valence-electron chi connectivity index (χ2n) is 5.02. The number of rotatable bonds is 8.